The zero-order chi connectivity index (χ0) is 11.3. The van der Waals surface area contributed by atoms with Gasteiger partial charge in [-0.2, -0.15) is 0 Å². The standard InChI is InChI=1S/C12H26N2O/c1-11(10-12(2,3)15-4)14-8-5-6-13-7-9-14/h11,13H,5-10H2,1-4H3. The average Bonchev–Trinajstić information content (AvgIpc) is 2.45. The van der Waals surface area contributed by atoms with Crippen LogP contribution in [0.4, 0.5) is 0 Å². The quantitative estimate of drug-likeness (QED) is 0.767. The molecule has 0 bridgehead atoms. The van der Waals surface area contributed by atoms with E-state index in [9.17, 15) is 0 Å². The Bertz CT molecular complexity index is 174. The minimum absolute atomic E-state index is 0.000844. The summed E-state index contributed by atoms with van der Waals surface area (Å²) in [6, 6.07) is 0.611. The summed E-state index contributed by atoms with van der Waals surface area (Å²) >= 11 is 0. The van der Waals surface area contributed by atoms with E-state index < -0.39 is 0 Å². The van der Waals surface area contributed by atoms with Crippen LogP contribution in [-0.4, -0.2) is 49.8 Å². The Morgan fingerprint density at radius 3 is 2.73 bits per heavy atom. The summed E-state index contributed by atoms with van der Waals surface area (Å²) in [5.41, 5.74) is -0.000844. The number of rotatable bonds is 4. The van der Waals surface area contributed by atoms with Crippen LogP contribution >= 0.6 is 0 Å². The van der Waals surface area contributed by atoms with Crippen molar-refractivity contribution in [3.63, 3.8) is 0 Å². The van der Waals surface area contributed by atoms with Crippen molar-refractivity contribution in [2.24, 2.45) is 0 Å². The van der Waals surface area contributed by atoms with E-state index in [2.05, 4.69) is 31.0 Å². The maximum absolute atomic E-state index is 5.49. The molecule has 1 aliphatic rings. The summed E-state index contributed by atoms with van der Waals surface area (Å²) in [6.45, 7) is 11.3. The fraction of sp³-hybridized carbons (Fsp3) is 1.00. The van der Waals surface area contributed by atoms with Crippen LogP contribution in [0, 0.1) is 0 Å². The molecule has 0 aromatic carbocycles. The van der Waals surface area contributed by atoms with Crippen LogP contribution in [0.25, 0.3) is 0 Å². The SMILES string of the molecule is COC(C)(C)CC(C)N1CCCNCC1. The third-order valence-corrected chi connectivity index (χ3v) is 3.34. The maximum Gasteiger partial charge on any atom is 0.0637 e. The van der Waals surface area contributed by atoms with Gasteiger partial charge in [0.2, 0.25) is 0 Å². The summed E-state index contributed by atoms with van der Waals surface area (Å²) in [7, 11) is 1.80. The Labute approximate surface area is 94.2 Å². The second kappa shape index (κ2) is 5.83. The van der Waals surface area contributed by atoms with Crippen molar-refractivity contribution in [2.75, 3.05) is 33.3 Å². The zero-order valence-corrected chi connectivity index (χ0v) is 10.7. The highest BCUT2D eigenvalue weighted by Gasteiger charge is 2.24. The lowest BCUT2D eigenvalue weighted by Crippen LogP contribution is -2.41. The first-order valence-electron chi connectivity index (χ1n) is 6.05. The second-order valence-corrected chi connectivity index (χ2v) is 5.16. The Kier molecular flexibility index (Phi) is 5.03. The van der Waals surface area contributed by atoms with Crippen molar-refractivity contribution in [3.8, 4) is 0 Å². The predicted octanol–water partition coefficient (Wildman–Crippen LogP) is 1.49. The Morgan fingerprint density at radius 2 is 2.07 bits per heavy atom. The van der Waals surface area contributed by atoms with Gasteiger partial charge in [-0.25, -0.2) is 0 Å². The lowest BCUT2D eigenvalue weighted by molar-refractivity contribution is -0.00538. The summed E-state index contributed by atoms with van der Waals surface area (Å²) < 4.78 is 5.49. The Hall–Kier alpha value is -0.120. The fourth-order valence-corrected chi connectivity index (χ4v) is 2.23. The molecule has 1 aliphatic heterocycles. The molecule has 1 rings (SSSR count). The van der Waals surface area contributed by atoms with Gasteiger partial charge in [0.1, 0.15) is 0 Å². The van der Waals surface area contributed by atoms with Gasteiger partial charge in [0.05, 0.1) is 5.60 Å². The summed E-state index contributed by atoms with van der Waals surface area (Å²) in [5, 5.41) is 3.44. The van der Waals surface area contributed by atoms with Gasteiger partial charge in [-0.1, -0.05) is 0 Å². The molecule has 1 atom stereocenters. The molecule has 1 N–H and O–H groups in total. The highest BCUT2D eigenvalue weighted by molar-refractivity contribution is 4.79. The molecule has 15 heavy (non-hydrogen) atoms. The first-order valence-corrected chi connectivity index (χ1v) is 6.05. The predicted molar refractivity (Wildman–Crippen MR) is 64.2 cm³/mol. The summed E-state index contributed by atoms with van der Waals surface area (Å²) in [6.07, 6.45) is 2.36. The van der Waals surface area contributed by atoms with Gasteiger partial charge in [0.15, 0.2) is 0 Å². The number of nitrogens with zero attached hydrogens (tertiary/aromatic N) is 1. The van der Waals surface area contributed by atoms with Crippen LogP contribution in [0.5, 0.6) is 0 Å². The molecule has 0 aromatic heterocycles. The van der Waals surface area contributed by atoms with E-state index >= 15 is 0 Å². The zero-order valence-electron chi connectivity index (χ0n) is 10.7. The monoisotopic (exact) mass is 214 g/mol. The molecule has 1 unspecified atom stereocenters. The van der Waals surface area contributed by atoms with E-state index in [0.717, 1.165) is 19.5 Å². The van der Waals surface area contributed by atoms with Crippen molar-refractivity contribution < 1.29 is 4.74 Å². The topological polar surface area (TPSA) is 24.5 Å². The van der Waals surface area contributed by atoms with E-state index in [4.69, 9.17) is 4.74 Å². The van der Waals surface area contributed by atoms with E-state index in [0.29, 0.717) is 6.04 Å². The third-order valence-electron chi connectivity index (χ3n) is 3.34. The smallest absolute Gasteiger partial charge is 0.0637 e. The number of ether oxygens (including phenoxy) is 1. The largest absolute Gasteiger partial charge is 0.379 e. The second-order valence-electron chi connectivity index (χ2n) is 5.16. The molecule has 0 radical (unpaired) electrons. The van der Waals surface area contributed by atoms with Crippen molar-refractivity contribution >= 4 is 0 Å². The molecule has 0 saturated carbocycles. The summed E-state index contributed by atoms with van der Waals surface area (Å²) in [5.74, 6) is 0. The van der Waals surface area contributed by atoms with Crippen LogP contribution in [0.2, 0.25) is 0 Å². The van der Waals surface area contributed by atoms with Crippen LogP contribution in [-0.2, 0) is 4.74 Å². The van der Waals surface area contributed by atoms with Crippen molar-refractivity contribution in [1.29, 1.82) is 0 Å². The van der Waals surface area contributed by atoms with Crippen molar-refractivity contribution in [1.82, 2.24) is 10.2 Å². The van der Waals surface area contributed by atoms with Crippen LogP contribution in [0.15, 0.2) is 0 Å². The molecule has 0 amide bonds. The minimum Gasteiger partial charge on any atom is -0.379 e. The molecule has 0 spiro atoms. The first kappa shape index (κ1) is 12.9. The van der Waals surface area contributed by atoms with Gasteiger partial charge < -0.3 is 10.1 Å². The summed E-state index contributed by atoms with van der Waals surface area (Å²) in [4.78, 5) is 2.57. The van der Waals surface area contributed by atoms with Crippen LogP contribution in [0.3, 0.4) is 0 Å². The van der Waals surface area contributed by atoms with Crippen LogP contribution < -0.4 is 5.32 Å². The molecule has 1 heterocycles. The number of methoxy groups -OCH3 is 1. The normalized spacial score (nSPS) is 22.4. The average molecular weight is 214 g/mol. The van der Waals surface area contributed by atoms with Gasteiger partial charge in [0, 0.05) is 26.2 Å². The molecule has 0 aromatic rings. The van der Waals surface area contributed by atoms with Gasteiger partial charge in [-0.3, -0.25) is 4.90 Å². The lowest BCUT2D eigenvalue weighted by atomic mass is 9.98. The molecular weight excluding hydrogens is 188 g/mol. The maximum atomic E-state index is 5.49. The van der Waals surface area contributed by atoms with E-state index in [1.54, 1.807) is 7.11 Å². The fourth-order valence-electron chi connectivity index (χ4n) is 2.23. The lowest BCUT2D eigenvalue weighted by Gasteiger charge is -2.33. The minimum atomic E-state index is -0.000844. The number of hydrogen-bond acceptors (Lipinski definition) is 3. The van der Waals surface area contributed by atoms with Gasteiger partial charge in [-0.05, 0) is 46.7 Å². The molecule has 90 valence electrons. The molecule has 3 nitrogen and oxygen atoms in total. The van der Waals surface area contributed by atoms with Gasteiger partial charge >= 0.3 is 0 Å². The van der Waals surface area contributed by atoms with E-state index in [1.807, 2.05) is 0 Å². The van der Waals surface area contributed by atoms with E-state index in [1.165, 1.54) is 19.5 Å². The van der Waals surface area contributed by atoms with Crippen molar-refractivity contribution in [3.05, 3.63) is 0 Å². The number of nitrogens with one attached hydrogen (secondary N) is 1. The van der Waals surface area contributed by atoms with Crippen molar-refractivity contribution in [2.45, 2.75) is 45.3 Å². The first-order chi connectivity index (χ1) is 7.05. The Balaban J connectivity index is 2.40. The third kappa shape index (κ3) is 4.49. The molecule has 0 aliphatic carbocycles. The number of hydrogen-bond donors (Lipinski definition) is 1. The van der Waals surface area contributed by atoms with E-state index in [-0.39, 0.29) is 5.60 Å². The molecular formula is C12H26N2O. The molecule has 3 heteroatoms. The van der Waals surface area contributed by atoms with Gasteiger partial charge in [-0.15, -0.1) is 0 Å². The molecule has 1 fully saturated rings. The van der Waals surface area contributed by atoms with Gasteiger partial charge in [0.25, 0.3) is 0 Å². The highest BCUT2D eigenvalue weighted by Crippen LogP contribution is 2.19. The Morgan fingerprint density at radius 1 is 1.33 bits per heavy atom. The van der Waals surface area contributed by atoms with Crippen LogP contribution in [0.1, 0.15) is 33.6 Å². The highest BCUT2D eigenvalue weighted by atomic mass is 16.5. The molecule has 1 saturated heterocycles.